The second-order valence-electron chi connectivity index (χ2n) is 19.3. The van der Waals surface area contributed by atoms with Gasteiger partial charge < -0.3 is 24.6 Å². The number of anilines is 2. The number of pyridine rings is 2. The second-order valence-corrected chi connectivity index (χ2v) is 20.1. The minimum absolute atomic E-state index is 0. The summed E-state index contributed by atoms with van der Waals surface area (Å²) in [5.41, 5.74) is 11.2. The van der Waals surface area contributed by atoms with Crippen molar-refractivity contribution in [3.05, 3.63) is 95.1 Å². The Bertz CT molecular complexity index is 2150. The van der Waals surface area contributed by atoms with Crippen molar-refractivity contribution in [3.8, 4) is 22.5 Å². The van der Waals surface area contributed by atoms with Crippen molar-refractivity contribution in [2.75, 3.05) is 87.2 Å². The molecule has 4 aromatic rings. The Balaban J connectivity index is 0.000000211. The van der Waals surface area contributed by atoms with Crippen LogP contribution >= 0.6 is 15.9 Å². The van der Waals surface area contributed by atoms with Gasteiger partial charge in [-0.25, -0.2) is 9.97 Å². The molecular weight excluding hydrogens is 889 g/mol. The van der Waals surface area contributed by atoms with Crippen LogP contribution in [0.2, 0.25) is 0 Å². The summed E-state index contributed by atoms with van der Waals surface area (Å²) in [6.45, 7) is 22.8. The summed E-state index contributed by atoms with van der Waals surface area (Å²) in [7, 11) is 0. The normalized spacial score (nSPS) is 17.3. The second kappa shape index (κ2) is 25.7. The van der Waals surface area contributed by atoms with Gasteiger partial charge in [-0.1, -0.05) is 87.4 Å². The molecule has 0 unspecified atom stereocenters. The maximum atomic E-state index is 10.8. The van der Waals surface area contributed by atoms with Crippen molar-refractivity contribution >= 4 is 39.5 Å². The molecule has 66 heavy (non-hydrogen) atoms. The van der Waals surface area contributed by atoms with E-state index in [0.717, 1.165) is 113 Å². The van der Waals surface area contributed by atoms with E-state index in [1.54, 1.807) is 0 Å². The van der Waals surface area contributed by atoms with Gasteiger partial charge in [0.05, 0.1) is 24.6 Å². The number of carbonyl (C=O) groups is 2. The summed E-state index contributed by atoms with van der Waals surface area (Å²) in [6.07, 6.45) is 11.5. The predicted molar refractivity (Wildman–Crippen MR) is 277 cm³/mol. The minimum Gasteiger partial charge on any atom is -0.466 e. The Labute approximate surface area is 405 Å². The molecule has 4 aliphatic rings. The number of aryl methyl sites for hydroxylation is 2. The average molecular weight is 968 g/mol. The number of carbonyl (C=O) groups excluding carboxylic acids is 2. The molecule has 2 saturated heterocycles. The van der Waals surface area contributed by atoms with E-state index >= 15 is 0 Å². The predicted octanol–water partition coefficient (Wildman–Crippen LogP) is 11.0. The quantitative estimate of drug-likeness (QED) is 0.0792. The molecule has 0 radical (unpaired) electrons. The van der Waals surface area contributed by atoms with E-state index in [2.05, 4.69) is 141 Å². The third-order valence-corrected chi connectivity index (χ3v) is 13.9. The summed E-state index contributed by atoms with van der Waals surface area (Å²) in [5.74, 6) is 1.80. The van der Waals surface area contributed by atoms with Crippen molar-refractivity contribution in [1.29, 1.82) is 0 Å². The van der Waals surface area contributed by atoms with Gasteiger partial charge in [0, 0.05) is 82.7 Å². The number of esters is 2. The Morgan fingerprint density at radius 3 is 1.58 bits per heavy atom. The van der Waals surface area contributed by atoms with Crippen LogP contribution in [0.4, 0.5) is 11.6 Å². The van der Waals surface area contributed by atoms with Crippen LogP contribution in [0.3, 0.4) is 0 Å². The van der Waals surface area contributed by atoms with Gasteiger partial charge in [-0.15, -0.1) is 0 Å². The molecule has 2 aromatic carbocycles. The third-order valence-electron chi connectivity index (χ3n) is 13.4. The lowest BCUT2D eigenvalue weighted by Crippen LogP contribution is -2.47. The van der Waals surface area contributed by atoms with E-state index < -0.39 is 0 Å². The molecule has 4 heterocycles. The number of alkyl halides is 1. The average Bonchev–Trinajstić information content (AvgIpc) is 3.31. The highest BCUT2D eigenvalue weighted by Crippen LogP contribution is 2.40. The number of nitrogens with zero attached hydrogens (tertiary/aromatic N) is 5. The lowest BCUT2D eigenvalue weighted by Gasteiger charge is -2.35. The summed E-state index contributed by atoms with van der Waals surface area (Å²) in [5, 5.41) is 4.38. The monoisotopic (exact) mass is 967 g/mol. The first-order valence-corrected chi connectivity index (χ1v) is 25.4. The number of ether oxygens (including phenoxy) is 2. The van der Waals surface area contributed by atoms with Crippen molar-refractivity contribution in [2.45, 2.75) is 124 Å². The molecule has 10 nitrogen and oxygen atoms in total. The highest BCUT2D eigenvalue weighted by molar-refractivity contribution is 9.09. The van der Waals surface area contributed by atoms with Gasteiger partial charge >= 0.3 is 11.9 Å². The Morgan fingerprint density at radius 1 is 0.636 bits per heavy atom. The van der Waals surface area contributed by atoms with Crippen molar-refractivity contribution in [2.24, 2.45) is 0 Å². The highest BCUT2D eigenvalue weighted by atomic mass is 79.9. The number of halogens is 1. The van der Waals surface area contributed by atoms with E-state index in [4.69, 9.17) is 14.7 Å². The third kappa shape index (κ3) is 15.4. The zero-order chi connectivity index (χ0) is 46.2. The van der Waals surface area contributed by atoms with E-state index in [9.17, 15) is 9.59 Å². The van der Waals surface area contributed by atoms with Gasteiger partial charge in [0.25, 0.3) is 0 Å². The number of unbranched alkanes of at least 4 members (excludes halogenated alkanes) is 2. The fourth-order valence-corrected chi connectivity index (χ4v) is 9.96. The maximum Gasteiger partial charge on any atom is 0.302 e. The number of aromatic nitrogens is 2. The summed E-state index contributed by atoms with van der Waals surface area (Å²) in [4.78, 5) is 38.3. The van der Waals surface area contributed by atoms with Crippen LogP contribution in [0.5, 0.6) is 0 Å². The molecule has 8 rings (SSSR count). The lowest BCUT2D eigenvalue weighted by molar-refractivity contribution is -0.142. The van der Waals surface area contributed by atoms with Crippen molar-refractivity contribution in [3.63, 3.8) is 0 Å². The molecule has 0 atom stereocenters. The molecule has 0 bridgehead atoms. The number of hydrogen-bond donors (Lipinski definition) is 1. The highest BCUT2D eigenvalue weighted by Gasteiger charge is 2.29. The molecule has 1 N–H and O–H groups in total. The fourth-order valence-electron chi connectivity index (χ4n) is 9.56. The van der Waals surface area contributed by atoms with Crippen LogP contribution in [0, 0.1) is 0 Å². The first-order chi connectivity index (χ1) is 31.3. The molecular formula is C55H79BrN6O4. The first-order valence-electron chi connectivity index (χ1n) is 24.3. The number of nitrogens with one attached hydrogen (secondary N) is 1. The molecule has 0 saturated carbocycles. The topological polar surface area (TPSA) is 100 Å². The van der Waals surface area contributed by atoms with Crippen LogP contribution in [0.1, 0.15) is 123 Å². The van der Waals surface area contributed by atoms with Gasteiger partial charge in [0.15, 0.2) is 0 Å². The SMILES string of the molecule is C.CC(=O)OCCCCBr.CC(=O)OCCCCN1CCN(c2cccc(-c3ccc4c(c3)C(C)(C)CCC4)n2)CC1.CC1(C)CCCc2ccc(-c3cccc(N4CCNCC4)n3)cc21. The molecule has 360 valence electrons. The molecule has 11 heteroatoms. The number of hydrogen-bond acceptors (Lipinski definition) is 10. The Kier molecular flexibility index (Phi) is 20.5. The van der Waals surface area contributed by atoms with Gasteiger partial charge in [-0.05, 0) is 140 Å². The van der Waals surface area contributed by atoms with E-state index in [0.29, 0.717) is 13.2 Å². The maximum absolute atomic E-state index is 10.8. The van der Waals surface area contributed by atoms with E-state index in [1.165, 1.54) is 85.8 Å². The van der Waals surface area contributed by atoms with Gasteiger partial charge in [0.1, 0.15) is 11.6 Å². The standard InChI is InChI=1S/C27H37N3O2.C21H27N3.C6H11BrO2.CH4/c1-21(31)32-19-5-4-14-29-15-17-30(18-16-29)26-10-6-9-25(28-26)23-12-11-22-8-7-13-27(2,3)24(22)20-23;1-21(2)10-4-5-16-8-9-17(15-18(16)21)19-6-3-7-20(23-19)24-13-11-22-12-14-24;1-6(8)9-5-3-2-4-7;/h6,9-12,20H,4-5,7-8,13-19H2,1-3H3;3,6-9,15,22H,4-5,10-14H2,1-2H3;2-5H2,1H3;1H4. The molecule has 2 aromatic heterocycles. The summed E-state index contributed by atoms with van der Waals surface area (Å²) in [6, 6.07) is 26.8. The molecule has 2 aliphatic heterocycles. The zero-order valence-electron chi connectivity index (χ0n) is 40.2. The van der Waals surface area contributed by atoms with Gasteiger partial charge in [-0.3, -0.25) is 14.5 Å². The minimum atomic E-state index is -0.190. The van der Waals surface area contributed by atoms with Crippen LogP contribution in [0.25, 0.3) is 22.5 Å². The summed E-state index contributed by atoms with van der Waals surface area (Å²) < 4.78 is 9.71. The van der Waals surface area contributed by atoms with Crippen LogP contribution in [-0.2, 0) is 42.7 Å². The number of rotatable bonds is 13. The number of benzene rings is 2. The molecule has 0 amide bonds. The van der Waals surface area contributed by atoms with E-state index in [-0.39, 0.29) is 30.2 Å². The number of piperazine rings is 2. The van der Waals surface area contributed by atoms with Crippen molar-refractivity contribution in [1.82, 2.24) is 20.2 Å². The Hall–Kier alpha value is -4.32. The van der Waals surface area contributed by atoms with Crippen LogP contribution < -0.4 is 15.1 Å². The van der Waals surface area contributed by atoms with E-state index in [1.807, 2.05) is 0 Å². The fraction of sp³-hybridized carbons (Fsp3) is 0.564. The molecule has 0 spiro atoms. The largest absolute Gasteiger partial charge is 0.466 e. The molecule has 2 fully saturated rings. The number of fused-ring (bicyclic) bond motifs is 2. The smallest absolute Gasteiger partial charge is 0.302 e. The van der Waals surface area contributed by atoms with Gasteiger partial charge in [-0.2, -0.15) is 0 Å². The van der Waals surface area contributed by atoms with Crippen molar-refractivity contribution < 1.29 is 19.1 Å². The van der Waals surface area contributed by atoms with Crippen LogP contribution in [-0.4, -0.2) is 104 Å². The van der Waals surface area contributed by atoms with Gasteiger partial charge in [0.2, 0.25) is 0 Å². The zero-order valence-corrected chi connectivity index (χ0v) is 41.8. The summed E-state index contributed by atoms with van der Waals surface area (Å²) >= 11 is 3.28. The van der Waals surface area contributed by atoms with Crippen LogP contribution in [0.15, 0.2) is 72.8 Å². The first kappa shape index (κ1) is 52.6. The Morgan fingerprint density at radius 2 is 1.11 bits per heavy atom. The lowest BCUT2D eigenvalue weighted by atomic mass is 9.72. The molecule has 2 aliphatic carbocycles.